The number of carbonyl (C=O) groups is 1. The molecule has 0 aliphatic rings. The fourth-order valence-corrected chi connectivity index (χ4v) is 4.21. The number of rotatable bonds is 4. The van der Waals surface area contributed by atoms with Gasteiger partial charge in [-0.3, -0.25) is 4.98 Å². The average Bonchev–Trinajstić information content (AvgIpc) is 2.59. The molecule has 0 saturated heterocycles. The molecule has 3 aromatic rings. The molecule has 1 amide bonds. The van der Waals surface area contributed by atoms with Crippen LogP contribution in [0, 0.1) is 6.92 Å². The van der Waals surface area contributed by atoms with Gasteiger partial charge in [0, 0.05) is 17.1 Å². The number of benzene rings is 2. The molecule has 3 rings (SSSR count). The quantitative estimate of drug-likeness (QED) is 0.748. The molecule has 1 atom stereocenters. The van der Waals surface area contributed by atoms with Gasteiger partial charge >= 0.3 is 6.09 Å². The monoisotopic (exact) mass is 356 g/mol. The number of hydrogen-bond donors (Lipinski definition) is 2. The number of hydrogen-bond acceptors (Lipinski definition) is 4. The van der Waals surface area contributed by atoms with Crippen LogP contribution in [0.1, 0.15) is 16.5 Å². The Morgan fingerprint density at radius 3 is 2.44 bits per heavy atom. The second-order valence-electron chi connectivity index (χ2n) is 5.61. The molecule has 0 spiro atoms. The second kappa shape index (κ2) is 6.52. The molecule has 0 fully saturated rings. The van der Waals surface area contributed by atoms with Crippen LogP contribution in [0.4, 0.5) is 4.79 Å². The molecule has 2 N–H and O–H groups in total. The van der Waals surface area contributed by atoms with E-state index >= 15 is 0 Å². The molecule has 6 nitrogen and oxygen atoms in total. The summed E-state index contributed by atoms with van der Waals surface area (Å²) in [6, 6.07) is 14.9. The molecule has 7 heteroatoms. The van der Waals surface area contributed by atoms with Crippen molar-refractivity contribution in [1.82, 2.24) is 10.3 Å². The van der Waals surface area contributed by atoms with Crippen LogP contribution in [0.5, 0.6) is 0 Å². The lowest BCUT2D eigenvalue weighted by Crippen LogP contribution is -2.33. The molecule has 0 aliphatic carbocycles. The summed E-state index contributed by atoms with van der Waals surface area (Å²) in [4.78, 5) is 15.5. The summed E-state index contributed by atoms with van der Waals surface area (Å²) in [5.41, 5.74) is 1.65. The van der Waals surface area contributed by atoms with E-state index in [0.717, 1.165) is 10.9 Å². The standard InChI is InChI=1S/C18H16N2O4S/c1-12-7-9-14(10-8-12)25(23,24)17(20-18(21)22)15-6-2-4-13-5-3-11-19-16(13)15/h2-11,17,20H,1H3,(H,21,22). The summed E-state index contributed by atoms with van der Waals surface area (Å²) in [6.45, 7) is 1.85. The third-order valence-electron chi connectivity index (χ3n) is 3.86. The number of nitrogens with one attached hydrogen (secondary N) is 1. The van der Waals surface area contributed by atoms with Crippen LogP contribution in [-0.4, -0.2) is 24.6 Å². The van der Waals surface area contributed by atoms with Gasteiger partial charge in [-0.25, -0.2) is 13.2 Å². The Kier molecular flexibility index (Phi) is 4.41. The summed E-state index contributed by atoms with van der Waals surface area (Å²) in [5, 5.41) is 10.6. The highest BCUT2D eigenvalue weighted by Crippen LogP contribution is 2.31. The fraction of sp³-hybridized carbons (Fsp3) is 0.111. The minimum Gasteiger partial charge on any atom is -0.465 e. The van der Waals surface area contributed by atoms with Crippen molar-refractivity contribution in [3.8, 4) is 0 Å². The molecular weight excluding hydrogens is 340 g/mol. The van der Waals surface area contributed by atoms with Crippen molar-refractivity contribution in [1.29, 1.82) is 0 Å². The number of aryl methyl sites for hydroxylation is 1. The predicted octanol–water partition coefficient (Wildman–Crippen LogP) is 3.28. The van der Waals surface area contributed by atoms with Crippen LogP contribution < -0.4 is 5.32 Å². The van der Waals surface area contributed by atoms with E-state index in [4.69, 9.17) is 0 Å². The lowest BCUT2D eigenvalue weighted by atomic mass is 10.1. The van der Waals surface area contributed by atoms with Gasteiger partial charge in [-0.15, -0.1) is 0 Å². The summed E-state index contributed by atoms with van der Waals surface area (Å²) < 4.78 is 26.1. The van der Waals surface area contributed by atoms with Gasteiger partial charge in [0.15, 0.2) is 5.37 Å². The van der Waals surface area contributed by atoms with Crippen LogP contribution in [0.2, 0.25) is 0 Å². The van der Waals surface area contributed by atoms with Gasteiger partial charge in [0.2, 0.25) is 9.84 Å². The molecule has 1 unspecified atom stereocenters. The van der Waals surface area contributed by atoms with Gasteiger partial charge in [-0.2, -0.15) is 0 Å². The smallest absolute Gasteiger partial charge is 0.405 e. The number of nitrogens with zero attached hydrogens (tertiary/aromatic N) is 1. The normalized spacial score (nSPS) is 12.7. The zero-order chi connectivity index (χ0) is 18.0. The van der Waals surface area contributed by atoms with Crippen LogP contribution in [-0.2, 0) is 9.84 Å². The number of para-hydroxylation sites is 1. The molecule has 0 aliphatic heterocycles. The van der Waals surface area contributed by atoms with E-state index in [1.807, 2.05) is 6.92 Å². The van der Waals surface area contributed by atoms with Gasteiger partial charge in [-0.05, 0) is 25.1 Å². The largest absolute Gasteiger partial charge is 0.465 e. The Morgan fingerprint density at radius 1 is 1.08 bits per heavy atom. The van der Waals surface area contributed by atoms with Crippen molar-refractivity contribution in [3.05, 3.63) is 71.9 Å². The molecule has 0 saturated carbocycles. The Balaban J connectivity index is 2.20. The molecular formula is C18H16N2O4S. The Hall–Kier alpha value is -2.93. The maximum Gasteiger partial charge on any atom is 0.405 e. The van der Waals surface area contributed by atoms with E-state index in [2.05, 4.69) is 10.3 Å². The molecule has 1 aromatic heterocycles. The molecule has 128 valence electrons. The fourth-order valence-electron chi connectivity index (χ4n) is 2.64. The highest BCUT2D eigenvalue weighted by atomic mass is 32.2. The molecule has 25 heavy (non-hydrogen) atoms. The Morgan fingerprint density at radius 2 is 1.76 bits per heavy atom. The minimum atomic E-state index is -3.99. The summed E-state index contributed by atoms with van der Waals surface area (Å²) >= 11 is 0. The van der Waals surface area contributed by atoms with Crippen molar-refractivity contribution >= 4 is 26.8 Å². The number of carboxylic acid groups (broad SMARTS) is 1. The molecule has 0 bridgehead atoms. The first-order valence-electron chi connectivity index (χ1n) is 7.53. The van der Waals surface area contributed by atoms with Crippen LogP contribution >= 0.6 is 0 Å². The van der Waals surface area contributed by atoms with E-state index in [1.54, 1.807) is 48.7 Å². The Bertz CT molecular complexity index is 1030. The average molecular weight is 356 g/mol. The maximum absolute atomic E-state index is 13.1. The topological polar surface area (TPSA) is 96.4 Å². The highest BCUT2D eigenvalue weighted by Gasteiger charge is 2.32. The zero-order valence-electron chi connectivity index (χ0n) is 13.4. The van der Waals surface area contributed by atoms with Crippen LogP contribution in [0.25, 0.3) is 10.9 Å². The molecule has 2 aromatic carbocycles. The van der Waals surface area contributed by atoms with Gasteiger partial charge in [-0.1, -0.05) is 42.0 Å². The van der Waals surface area contributed by atoms with Gasteiger partial charge in [0.1, 0.15) is 0 Å². The van der Waals surface area contributed by atoms with Crippen molar-refractivity contribution in [2.24, 2.45) is 0 Å². The lowest BCUT2D eigenvalue weighted by Gasteiger charge is -2.19. The lowest BCUT2D eigenvalue weighted by molar-refractivity contribution is 0.193. The zero-order valence-corrected chi connectivity index (χ0v) is 14.2. The van der Waals surface area contributed by atoms with Crippen molar-refractivity contribution in [3.63, 3.8) is 0 Å². The van der Waals surface area contributed by atoms with E-state index in [0.29, 0.717) is 11.1 Å². The van der Waals surface area contributed by atoms with E-state index in [-0.39, 0.29) is 4.90 Å². The van der Waals surface area contributed by atoms with Crippen LogP contribution in [0.3, 0.4) is 0 Å². The minimum absolute atomic E-state index is 0.0461. The predicted molar refractivity (Wildman–Crippen MR) is 94.0 cm³/mol. The number of amides is 1. The van der Waals surface area contributed by atoms with Crippen molar-refractivity contribution < 1.29 is 18.3 Å². The summed E-state index contributed by atoms with van der Waals surface area (Å²) in [5.74, 6) is 0. The number of fused-ring (bicyclic) bond motifs is 1. The maximum atomic E-state index is 13.1. The second-order valence-corrected chi connectivity index (χ2v) is 7.64. The highest BCUT2D eigenvalue weighted by molar-refractivity contribution is 7.91. The first-order valence-corrected chi connectivity index (χ1v) is 9.08. The Labute approximate surface area is 145 Å². The summed E-state index contributed by atoms with van der Waals surface area (Å²) in [7, 11) is -3.99. The molecule has 0 radical (unpaired) electrons. The summed E-state index contributed by atoms with van der Waals surface area (Å²) in [6.07, 6.45) is 0.121. The van der Waals surface area contributed by atoms with E-state index in [9.17, 15) is 18.3 Å². The van der Waals surface area contributed by atoms with Crippen molar-refractivity contribution in [2.45, 2.75) is 17.2 Å². The third-order valence-corrected chi connectivity index (χ3v) is 5.78. The first kappa shape index (κ1) is 16.9. The number of aromatic nitrogens is 1. The number of pyridine rings is 1. The van der Waals surface area contributed by atoms with Crippen molar-refractivity contribution in [2.75, 3.05) is 0 Å². The first-order chi connectivity index (χ1) is 11.9. The SMILES string of the molecule is Cc1ccc(S(=O)(=O)C(NC(=O)O)c2cccc3cccnc23)cc1. The van der Waals surface area contributed by atoms with Gasteiger partial charge in [0.25, 0.3) is 0 Å². The van der Waals surface area contributed by atoms with Crippen LogP contribution in [0.15, 0.2) is 65.7 Å². The van der Waals surface area contributed by atoms with E-state index < -0.39 is 21.3 Å². The van der Waals surface area contributed by atoms with Gasteiger partial charge in [0.05, 0.1) is 10.4 Å². The van der Waals surface area contributed by atoms with Gasteiger partial charge < -0.3 is 10.4 Å². The number of sulfone groups is 1. The third kappa shape index (κ3) is 3.32. The van der Waals surface area contributed by atoms with E-state index in [1.165, 1.54) is 12.1 Å². The molecule has 1 heterocycles.